The van der Waals surface area contributed by atoms with Gasteiger partial charge in [-0.05, 0) is 43.6 Å². The second kappa shape index (κ2) is 7.20. The molecule has 0 saturated carbocycles. The molecule has 6 nitrogen and oxygen atoms in total. The maximum atomic E-state index is 13.6. The summed E-state index contributed by atoms with van der Waals surface area (Å²) in [6, 6.07) is 6.28. The topological polar surface area (TPSA) is 78.4 Å². The molecular weight excluding hydrogens is 355 g/mol. The average molecular weight is 374 g/mol. The minimum absolute atomic E-state index is 0.375. The van der Waals surface area contributed by atoms with Crippen molar-refractivity contribution in [3.63, 3.8) is 0 Å². The van der Waals surface area contributed by atoms with Gasteiger partial charge in [0.25, 0.3) is 0 Å². The maximum Gasteiger partial charge on any atom is 0.338 e. The number of alkyl halides is 1. The van der Waals surface area contributed by atoms with Gasteiger partial charge in [0.15, 0.2) is 12.0 Å². The molecule has 0 aliphatic carbocycles. The number of benzene rings is 1. The number of anilines is 2. The number of halogens is 1. The number of piperidine rings is 1. The van der Waals surface area contributed by atoms with Crippen molar-refractivity contribution in [3.05, 3.63) is 36.2 Å². The molecule has 8 heteroatoms. The molecule has 2 aliphatic heterocycles. The third kappa shape index (κ3) is 3.52. The summed E-state index contributed by atoms with van der Waals surface area (Å²) in [5.41, 5.74) is 2.18. The van der Waals surface area contributed by atoms with E-state index in [2.05, 4.69) is 38.4 Å². The van der Waals surface area contributed by atoms with Gasteiger partial charge in [-0.2, -0.15) is 0 Å². The number of aromatic nitrogens is 2. The number of aliphatic carboxylic acids is 1. The molecule has 2 N–H and O–H groups in total. The molecule has 0 radical (unpaired) electrons. The van der Waals surface area contributed by atoms with Crippen molar-refractivity contribution in [2.24, 2.45) is 5.92 Å². The number of likely N-dealkylation sites (tertiary alicyclic amines) is 1. The Morgan fingerprint density at radius 1 is 1.35 bits per heavy atom. The number of rotatable bonds is 4. The largest absolute Gasteiger partial charge is 0.479 e. The van der Waals surface area contributed by atoms with Gasteiger partial charge in [-0.25, -0.2) is 19.2 Å². The minimum Gasteiger partial charge on any atom is -0.479 e. The molecule has 4 rings (SSSR count). The first-order valence-corrected chi connectivity index (χ1v) is 9.40. The fraction of sp³-hybridized carbons (Fsp3) is 0.389. The summed E-state index contributed by atoms with van der Waals surface area (Å²) in [7, 11) is 0. The van der Waals surface area contributed by atoms with Crippen LogP contribution < -0.4 is 5.32 Å². The molecule has 136 valence electrons. The average Bonchev–Trinajstić information content (AvgIpc) is 2.66. The molecule has 1 saturated heterocycles. The molecule has 1 aromatic heterocycles. The molecule has 3 heterocycles. The zero-order valence-electron chi connectivity index (χ0n) is 14.1. The Bertz CT molecular complexity index is 827. The van der Waals surface area contributed by atoms with Gasteiger partial charge < -0.3 is 10.4 Å². The number of fused-ring (bicyclic) bond motifs is 2. The number of carboxylic acids is 1. The summed E-state index contributed by atoms with van der Waals surface area (Å²) in [5.74, 6) is -0.948. The van der Waals surface area contributed by atoms with Crippen LogP contribution in [0.15, 0.2) is 40.5 Å². The lowest BCUT2D eigenvalue weighted by Gasteiger charge is -2.32. The highest BCUT2D eigenvalue weighted by Gasteiger charge is 2.31. The Labute approximate surface area is 154 Å². The highest BCUT2D eigenvalue weighted by molar-refractivity contribution is 7.99. The summed E-state index contributed by atoms with van der Waals surface area (Å²) in [4.78, 5) is 22.8. The molecular formula is C18H19FN4O2S. The summed E-state index contributed by atoms with van der Waals surface area (Å²) in [5, 5.41) is 13.0. The standard InChI is InChI=1S/C18H19FN4O2S/c19-15(18(24)25)12-3-7-23(8-4-12)10-11-1-2-14-13(9-11)22-16-17(26-14)21-6-5-20-16/h1-2,5-6,9,12,15H,3-4,7-8,10H2,(H,20,22)(H,24,25). The number of carbonyl (C=O) groups is 1. The van der Waals surface area contributed by atoms with Gasteiger partial charge in [-0.1, -0.05) is 17.8 Å². The molecule has 0 amide bonds. The Hall–Kier alpha value is -2.19. The van der Waals surface area contributed by atoms with E-state index in [1.165, 1.54) is 0 Å². The van der Waals surface area contributed by atoms with Crippen molar-refractivity contribution in [2.75, 3.05) is 18.4 Å². The van der Waals surface area contributed by atoms with Crippen LogP contribution in [0.2, 0.25) is 0 Å². The number of hydrogen-bond donors (Lipinski definition) is 2. The first kappa shape index (κ1) is 17.2. The van der Waals surface area contributed by atoms with E-state index in [0.717, 1.165) is 33.5 Å². The van der Waals surface area contributed by atoms with Crippen molar-refractivity contribution in [1.82, 2.24) is 14.9 Å². The van der Waals surface area contributed by atoms with Gasteiger partial charge >= 0.3 is 5.97 Å². The number of hydrogen-bond acceptors (Lipinski definition) is 6. The van der Waals surface area contributed by atoms with Crippen LogP contribution in [0.4, 0.5) is 15.9 Å². The SMILES string of the molecule is O=C(O)C(F)C1CCN(Cc2ccc3c(c2)Nc2nccnc2S3)CC1. The monoisotopic (exact) mass is 374 g/mol. The van der Waals surface area contributed by atoms with E-state index in [1.807, 2.05) is 0 Å². The lowest BCUT2D eigenvalue weighted by atomic mass is 9.92. The van der Waals surface area contributed by atoms with Gasteiger partial charge in [0.05, 0.1) is 5.69 Å². The van der Waals surface area contributed by atoms with E-state index in [9.17, 15) is 9.18 Å². The normalized spacial score (nSPS) is 18.5. The van der Waals surface area contributed by atoms with Crippen LogP contribution in [0.25, 0.3) is 0 Å². The van der Waals surface area contributed by atoms with E-state index < -0.39 is 12.1 Å². The van der Waals surface area contributed by atoms with Crippen LogP contribution in [0, 0.1) is 5.92 Å². The van der Waals surface area contributed by atoms with Gasteiger partial charge in [0.2, 0.25) is 0 Å². The Kier molecular flexibility index (Phi) is 4.78. The van der Waals surface area contributed by atoms with E-state index in [4.69, 9.17) is 5.11 Å². The lowest BCUT2D eigenvalue weighted by Crippen LogP contribution is -2.38. The predicted octanol–water partition coefficient (Wildman–Crippen LogP) is 3.32. The molecule has 2 aromatic rings. The van der Waals surface area contributed by atoms with Gasteiger partial charge in [-0.3, -0.25) is 4.90 Å². The van der Waals surface area contributed by atoms with Crippen LogP contribution in [-0.4, -0.2) is 45.2 Å². The van der Waals surface area contributed by atoms with Crippen LogP contribution in [0.5, 0.6) is 0 Å². The molecule has 2 aliphatic rings. The molecule has 1 unspecified atom stereocenters. The smallest absolute Gasteiger partial charge is 0.338 e. The maximum absolute atomic E-state index is 13.6. The van der Waals surface area contributed by atoms with E-state index in [-0.39, 0.29) is 5.92 Å². The third-order valence-corrected chi connectivity index (χ3v) is 5.92. The Morgan fingerprint density at radius 2 is 2.12 bits per heavy atom. The second-order valence-electron chi connectivity index (χ2n) is 6.62. The van der Waals surface area contributed by atoms with Gasteiger partial charge in [-0.15, -0.1) is 0 Å². The zero-order valence-corrected chi connectivity index (χ0v) is 14.9. The van der Waals surface area contributed by atoms with Crippen molar-refractivity contribution >= 4 is 29.2 Å². The minimum atomic E-state index is -1.75. The van der Waals surface area contributed by atoms with E-state index in [1.54, 1.807) is 24.2 Å². The molecule has 1 atom stereocenters. The molecule has 1 aromatic carbocycles. The zero-order chi connectivity index (χ0) is 18.1. The lowest BCUT2D eigenvalue weighted by molar-refractivity contribution is -0.145. The fourth-order valence-electron chi connectivity index (χ4n) is 3.44. The van der Waals surface area contributed by atoms with Crippen molar-refractivity contribution in [3.8, 4) is 0 Å². The quantitative estimate of drug-likeness (QED) is 0.725. The molecule has 0 spiro atoms. The van der Waals surface area contributed by atoms with Crippen molar-refractivity contribution < 1.29 is 14.3 Å². The first-order valence-electron chi connectivity index (χ1n) is 8.58. The molecule has 0 bridgehead atoms. The first-order chi connectivity index (χ1) is 12.6. The summed E-state index contributed by atoms with van der Waals surface area (Å²) < 4.78 is 13.6. The Balaban J connectivity index is 1.39. The van der Waals surface area contributed by atoms with Crippen molar-refractivity contribution in [2.45, 2.75) is 35.5 Å². The van der Waals surface area contributed by atoms with Crippen LogP contribution >= 0.6 is 11.8 Å². The molecule has 1 fully saturated rings. The van der Waals surface area contributed by atoms with Gasteiger partial charge in [0.1, 0.15) is 5.03 Å². The number of carboxylic acid groups (broad SMARTS) is 1. The molecule has 26 heavy (non-hydrogen) atoms. The number of nitrogens with one attached hydrogen (secondary N) is 1. The van der Waals surface area contributed by atoms with Crippen molar-refractivity contribution in [1.29, 1.82) is 0 Å². The predicted molar refractivity (Wildman–Crippen MR) is 96.4 cm³/mol. The second-order valence-corrected chi connectivity index (χ2v) is 7.65. The summed E-state index contributed by atoms with van der Waals surface area (Å²) in [6.45, 7) is 2.20. The summed E-state index contributed by atoms with van der Waals surface area (Å²) in [6.07, 6.45) is 2.76. The number of nitrogens with zero attached hydrogens (tertiary/aromatic N) is 3. The highest BCUT2D eigenvalue weighted by atomic mass is 32.2. The van der Waals surface area contributed by atoms with E-state index in [0.29, 0.717) is 25.9 Å². The van der Waals surface area contributed by atoms with Crippen LogP contribution in [-0.2, 0) is 11.3 Å². The third-order valence-electron chi connectivity index (χ3n) is 4.86. The van der Waals surface area contributed by atoms with Gasteiger partial charge in [0, 0.05) is 29.8 Å². The van der Waals surface area contributed by atoms with Crippen LogP contribution in [0.3, 0.4) is 0 Å². The fourth-order valence-corrected chi connectivity index (χ4v) is 4.32. The Morgan fingerprint density at radius 3 is 2.88 bits per heavy atom. The van der Waals surface area contributed by atoms with E-state index >= 15 is 0 Å². The highest BCUT2D eigenvalue weighted by Crippen LogP contribution is 2.42. The van der Waals surface area contributed by atoms with Crippen LogP contribution in [0.1, 0.15) is 18.4 Å². The summed E-state index contributed by atoms with van der Waals surface area (Å²) >= 11 is 1.60.